The molecule has 140 valence electrons. The number of benzene rings is 1. The van der Waals surface area contributed by atoms with E-state index in [1.54, 1.807) is 22.7 Å². The Morgan fingerprint density at radius 3 is 2.96 bits per heavy atom. The number of likely N-dealkylation sites (tertiary alicyclic amines) is 1. The van der Waals surface area contributed by atoms with Crippen molar-refractivity contribution in [3.8, 4) is 0 Å². The minimum Gasteiger partial charge on any atom is -0.444 e. The molecular formula is C17H22N4O4S. The van der Waals surface area contributed by atoms with E-state index in [9.17, 15) is 14.9 Å². The van der Waals surface area contributed by atoms with Gasteiger partial charge in [-0.3, -0.25) is 10.1 Å². The van der Waals surface area contributed by atoms with Gasteiger partial charge >= 0.3 is 6.09 Å². The predicted molar refractivity (Wildman–Crippen MR) is 99.4 cm³/mol. The van der Waals surface area contributed by atoms with Crippen LogP contribution >= 0.6 is 11.8 Å². The molecule has 1 fully saturated rings. The fourth-order valence-corrected chi connectivity index (χ4v) is 3.82. The molecule has 0 unspecified atom stereocenters. The van der Waals surface area contributed by atoms with Crippen molar-refractivity contribution in [2.75, 3.05) is 18.8 Å². The van der Waals surface area contributed by atoms with E-state index in [2.05, 4.69) is 9.97 Å². The maximum Gasteiger partial charge on any atom is 0.410 e. The number of non-ortho nitro benzene ring substituents is 1. The van der Waals surface area contributed by atoms with Gasteiger partial charge in [0.2, 0.25) is 0 Å². The van der Waals surface area contributed by atoms with Crippen LogP contribution in [0.1, 0.15) is 27.2 Å². The molecule has 2 aromatic rings. The molecular weight excluding hydrogens is 356 g/mol. The Morgan fingerprint density at radius 1 is 1.50 bits per heavy atom. The molecule has 9 heteroatoms. The zero-order valence-corrected chi connectivity index (χ0v) is 15.8. The van der Waals surface area contributed by atoms with Crippen molar-refractivity contribution in [2.45, 2.75) is 37.9 Å². The van der Waals surface area contributed by atoms with Crippen LogP contribution in [0.2, 0.25) is 0 Å². The Kier molecular flexibility index (Phi) is 5.08. The molecule has 2 heterocycles. The van der Waals surface area contributed by atoms with Crippen molar-refractivity contribution in [1.29, 1.82) is 0 Å². The number of nitrogens with zero attached hydrogens (tertiary/aromatic N) is 3. The lowest BCUT2D eigenvalue weighted by Crippen LogP contribution is -2.35. The number of nitro groups is 1. The van der Waals surface area contributed by atoms with Crippen LogP contribution in [0.3, 0.4) is 0 Å². The summed E-state index contributed by atoms with van der Waals surface area (Å²) in [6.07, 6.45) is 0.666. The number of aromatic nitrogens is 2. The second-order valence-corrected chi connectivity index (χ2v) is 8.40. The first kappa shape index (κ1) is 18.5. The van der Waals surface area contributed by atoms with E-state index in [-0.39, 0.29) is 11.8 Å². The number of H-pyrrole nitrogens is 1. The second-order valence-electron chi connectivity index (χ2n) is 7.39. The lowest BCUT2D eigenvalue weighted by atomic mass is 10.2. The van der Waals surface area contributed by atoms with E-state index in [1.807, 2.05) is 20.8 Å². The molecule has 1 aromatic heterocycles. The maximum atomic E-state index is 12.1. The highest BCUT2D eigenvalue weighted by Crippen LogP contribution is 2.28. The monoisotopic (exact) mass is 378 g/mol. The number of fused-ring (bicyclic) bond motifs is 1. The number of carbonyl (C=O) groups excluding carboxylic acids is 1. The molecule has 0 bridgehead atoms. The minimum atomic E-state index is -0.485. The number of imidazole rings is 1. The highest BCUT2D eigenvalue weighted by Gasteiger charge is 2.29. The summed E-state index contributed by atoms with van der Waals surface area (Å²) in [7, 11) is 0. The van der Waals surface area contributed by atoms with Gasteiger partial charge in [0.05, 0.1) is 16.0 Å². The average molecular weight is 378 g/mol. The van der Waals surface area contributed by atoms with Crippen LogP contribution in [0.4, 0.5) is 10.5 Å². The Bertz CT molecular complexity index is 830. The zero-order chi connectivity index (χ0) is 18.9. The van der Waals surface area contributed by atoms with Crippen LogP contribution in [0, 0.1) is 16.0 Å². The molecule has 0 spiro atoms. The molecule has 1 aliphatic rings. The van der Waals surface area contributed by atoms with Crippen molar-refractivity contribution in [3.05, 3.63) is 28.3 Å². The number of hydrogen-bond donors (Lipinski definition) is 1. The van der Waals surface area contributed by atoms with Crippen LogP contribution in [0.5, 0.6) is 0 Å². The molecule has 1 amide bonds. The summed E-state index contributed by atoms with van der Waals surface area (Å²) in [5.41, 5.74) is 0.922. The van der Waals surface area contributed by atoms with Crippen molar-refractivity contribution < 1.29 is 14.5 Å². The van der Waals surface area contributed by atoms with Gasteiger partial charge in [0.15, 0.2) is 5.16 Å². The lowest BCUT2D eigenvalue weighted by Gasteiger charge is -2.24. The SMILES string of the molecule is CC(C)(C)OC(=O)N1CC[C@@H](CSc2nc3ccc([N+](=O)[O-])cc3[nH]2)C1. The predicted octanol–water partition coefficient (Wildman–Crippen LogP) is 3.82. The standard InChI is InChI=1S/C17H22N4O4S/c1-17(2,3)25-16(22)20-7-6-11(9-20)10-26-15-18-13-5-4-12(21(23)24)8-14(13)19-15/h4-5,8,11H,6-7,9-10H2,1-3H3,(H,18,19)/t11-/m1/s1. The van der Waals surface area contributed by atoms with Gasteiger partial charge in [-0.1, -0.05) is 11.8 Å². The number of rotatable bonds is 4. The van der Waals surface area contributed by atoms with Gasteiger partial charge in [-0.25, -0.2) is 9.78 Å². The molecule has 1 N–H and O–H groups in total. The van der Waals surface area contributed by atoms with Crippen LogP contribution < -0.4 is 0 Å². The third-order valence-corrected chi connectivity index (χ3v) is 5.15. The van der Waals surface area contributed by atoms with E-state index in [0.29, 0.717) is 30.0 Å². The number of nitro benzene ring substituents is 1. The van der Waals surface area contributed by atoms with E-state index >= 15 is 0 Å². The zero-order valence-electron chi connectivity index (χ0n) is 15.0. The fraction of sp³-hybridized carbons (Fsp3) is 0.529. The number of carbonyl (C=O) groups is 1. The van der Waals surface area contributed by atoms with Crippen LogP contribution in [0.25, 0.3) is 11.0 Å². The Morgan fingerprint density at radius 2 is 2.27 bits per heavy atom. The Balaban J connectivity index is 1.56. The summed E-state index contributed by atoms with van der Waals surface area (Å²) >= 11 is 1.57. The largest absolute Gasteiger partial charge is 0.444 e. The van der Waals surface area contributed by atoms with E-state index < -0.39 is 10.5 Å². The number of hydrogen-bond acceptors (Lipinski definition) is 6. The quantitative estimate of drug-likeness (QED) is 0.493. The minimum absolute atomic E-state index is 0.0431. The third kappa shape index (κ3) is 4.46. The van der Waals surface area contributed by atoms with Gasteiger partial charge in [0, 0.05) is 31.0 Å². The number of amides is 1. The van der Waals surface area contributed by atoms with Crippen molar-refractivity contribution in [1.82, 2.24) is 14.9 Å². The van der Waals surface area contributed by atoms with E-state index in [0.717, 1.165) is 17.3 Å². The van der Waals surface area contributed by atoms with Crippen LogP contribution in [-0.4, -0.2) is 50.3 Å². The summed E-state index contributed by atoms with van der Waals surface area (Å²) in [4.78, 5) is 31.9. The second kappa shape index (κ2) is 7.14. The molecule has 0 aliphatic carbocycles. The molecule has 8 nitrogen and oxygen atoms in total. The number of aromatic amines is 1. The van der Waals surface area contributed by atoms with Crippen molar-refractivity contribution in [2.24, 2.45) is 5.92 Å². The molecule has 1 aromatic carbocycles. The van der Waals surface area contributed by atoms with E-state index in [1.165, 1.54) is 12.1 Å². The van der Waals surface area contributed by atoms with Crippen molar-refractivity contribution in [3.63, 3.8) is 0 Å². The summed E-state index contributed by atoms with van der Waals surface area (Å²) in [5, 5.41) is 11.6. The highest BCUT2D eigenvalue weighted by atomic mass is 32.2. The molecule has 1 atom stereocenters. The topological polar surface area (TPSA) is 101 Å². The first-order valence-corrected chi connectivity index (χ1v) is 9.45. The van der Waals surface area contributed by atoms with Gasteiger partial charge in [0.1, 0.15) is 5.60 Å². The molecule has 3 rings (SSSR count). The summed E-state index contributed by atoms with van der Waals surface area (Å²) < 4.78 is 5.41. The number of nitrogens with one attached hydrogen (secondary N) is 1. The first-order chi connectivity index (χ1) is 12.2. The molecule has 0 radical (unpaired) electrons. The lowest BCUT2D eigenvalue weighted by molar-refractivity contribution is -0.384. The maximum absolute atomic E-state index is 12.1. The highest BCUT2D eigenvalue weighted by molar-refractivity contribution is 7.99. The van der Waals surface area contributed by atoms with Gasteiger partial charge < -0.3 is 14.6 Å². The summed E-state index contributed by atoms with van der Waals surface area (Å²) in [6, 6.07) is 4.59. The van der Waals surface area contributed by atoms with Gasteiger partial charge in [0.25, 0.3) is 5.69 Å². The van der Waals surface area contributed by atoms with Crippen LogP contribution in [-0.2, 0) is 4.74 Å². The van der Waals surface area contributed by atoms with Gasteiger partial charge in [-0.05, 0) is 39.2 Å². The van der Waals surface area contributed by atoms with Gasteiger partial charge in [-0.2, -0.15) is 0 Å². The first-order valence-electron chi connectivity index (χ1n) is 8.46. The Hall–Kier alpha value is -2.29. The summed E-state index contributed by atoms with van der Waals surface area (Å²) in [6.45, 7) is 6.96. The number of thioether (sulfide) groups is 1. The average Bonchev–Trinajstić information content (AvgIpc) is 3.17. The Labute approximate surface area is 155 Å². The molecule has 26 heavy (non-hydrogen) atoms. The third-order valence-electron chi connectivity index (χ3n) is 4.05. The molecule has 1 aliphatic heterocycles. The fourth-order valence-electron chi connectivity index (χ4n) is 2.81. The summed E-state index contributed by atoms with van der Waals surface area (Å²) in [5.74, 6) is 1.19. The molecule has 1 saturated heterocycles. The molecule has 0 saturated carbocycles. The smallest absolute Gasteiger partial charge is 0.410 e. The normalized spacial score (nSPS) is 17.7. The van der Waals surface area contributed by atoms with E-state index in [4.69, 9.17) is 4.74 Å². The van der Waals surface area contributed by atoms with Gasteiger partial charge in [-0.15, -0.1) is 0 Å². The van der Waals surface area contributed by atoms with Crippen LogP contribution in [0.15, 0.2) is 23.4 Å². The van der Waals surface area contributed by atoms with Crippen molar-refractivity contribution >= 4 is 34.6 Å². The number of ether oxygens (including phenoxy) is 1.